The summed E-state index contributed by atoms with van der Waals surface area (Å²) in [5.41, 5.74) is 0. The van der Waals surface area contributed by atoms with E-state index in [-0.39, 0.29) is 6.15 Å². The maximum atomic E-state index is 3.89. The molecular weight excluding hydrogens is 120 g/mol. The summed E-state index contributed by atoms with van der Waals surface area (Å²) in [6.45, 7) is 0. The monoisotopic (exact) mass is 128 g/mol. The molecule has 0 saturated heterocycles. The summed E-state index contributed by atoms with van der Waals surface area (Å²) in [6.07, 6.45) is 7.57. The highest BCUT2D eigenvalue weighted by molar-refractivity contribution is 8.01. The highest BCUT2D eigenvalue weighted by Gasteiger charge is 1.71. The smallest absolute Gasteiger partial charge is 0.0355 e. The fourth-order valence-corrected chi connectivity index (χ4v) is 0.672. The molecule has 44 valence electrons. The van der Waals surface area contributed by atoms with Gasteiger partial charge in [0.2, 0.25) is 0 Å². The van der Waals surface area contributed by atoms with Crippen LogP contribution in [-0.2, 0) is 0 Å². The van der Waals surface area contributed by atoms with Crippen LogP contribution in [0.2, 0.25) is 0 Å². The molecule has 3 N–H and O–H groups in total. The SMILES string of the molecule is C1=CC=NSC=C1.N. The Balaban J connectivity index is 0.000000490. The second-order valence-corrected chi connectivity index (χ2v) is 1.77. The van der Waals surface area contributed by atoms with E-state index in [1.807, 2.05) is 23.6 Å². The number of hydrogen-bond donors (Lipinski definition) is 1. The third-order valence-electron chi connectivity index (χ3n) is 0.569. The standard InChI is InChI=1S/C5H5NS.H3N/c1-2-4-6-7-5-3-1;/h1-5H;1H3. The molecule has 0 unspecified atom stereocenters. The van der Waals surface area contributed by atoms with E-state index in [9.17, 15) is 0 Å². The average molecular weight is 128 g/mol. The molecular formula is C5H8N2S. The van der Waals surface area contributed by atoms with Crippen LogP contribution in [0.3, 0.4) is 0 Å². The molecule has 0 aliphatic carbocycles. The fourth-order valence-electron chi connectivity index (χ4n) is 0.300. The molecule has 0 aromatic heterocycles. The zero-order valence-electron chi connectivity index (χ0n) is 4.45. The Morgan fingerprint density at radius 2 is 2.00 bits per heavy atom. The molecule has 1 aliphatic heterocycles. The summed E-state index contributed by atoms with van der Waals surface area (Å²) in [5, 5.41) is 1.93. The van der Waals surface area contributed by atoms with E-state index < -0.39 is 0 Å². The maximum absolute atomic E-state index is 3.89. The van der Waals surface area contributed by atoms with Crippen molar-refractivity contribution in [1.29, 1.82) is 0 Å². The maximum Gasteiger partial charge on any atom is 0.0355 e. The summed E-state index contributed by atoms with van der Waals surface area (Å²) < 4.78 is 3.89. The Morgan fingerprint density at radius 1 is 1.12 bits per heavy atom. The molecule has 8 heavy (non-hydrogen) atoms. The van der Waals surface area contributed by atoms with Gasteiger partial charge in [-0.05, 0) is 11.5 Å². The van der Waals surface area contributed by atoms with Crippen molar-refractivity contribution in [3.05, 3.63) is 23.6 Å². The van der Waals surface area contributed by atoms with E-state index in [1.54, 1.807) is 6.21 Å². The number of allylic oxidation sites excluding steroid dienone is 3. The van der Waals surface area contributed by atoms with Crippen molar-refractivity contribution in [1.82, 2.24) is 6.15 Å². The van der Waals surface area contributed by atoms with Gasteiger partial charge in [0.25, 0.3) is 0 Å². The van der Waals surface area contributed by atoms with Gasteiger partial charge in [0.15, 0.2) is 0 Å². The minimum absolute atomic E-state index is 0. The van der Waals surface area contributed by atoms with Gasteiger partial charge in [-0.15, -0.1) is 0 Å². The minimum Gasteiger partial charge on any atom is -0.344 e. The van der Waals surface area contributed by atoms with Gasteiger partial charge in [0.05, 0.1) is 0 Å². The van der Waals surface area contributed by atoms with Crippen molar-refractivity contribution in [3.8, 4) is 0 Å². The third-order valence-corrected chi connectivity index (χ3v) is 1.09. The molecule has 1 rings (SSSR count). The van der Waals surface area contributed by atoms with Crippen molar-refractivity contribution < 1.29 is 0 Å². The van der Waals surface area contributed by atoms with Gasteiger partial charge in [-0.2, -0.15) is 0 Å². The van der Waals surface area contributed by atoms with Gasteiger partial charge in [0.1, 0.15) is 0 Å². The van der Waals surface area contributed by atoms with E-state index in [0.717, 1.165) is 0 Å². The first-order chi connectivity index (χ1) is 3.50. The van der Waals surface area contributed by atoms with E-state index in [1.165, 1.54) is 11.9 Å². The molecule has 1 aliphatic rings. The van der Waals surface area contributed by atoms with Crippen LogP contribution < -0.4 is 6.15 Å². The normalized spacial score (nSPS) is 15.0. The Hall–Kier alpha value is -0.540. The van der Waals surface area contributed by atoms with Gasteiger partial charge in [0, 0.05) is 18.2 Å². The van der Waals surface area contributed by atoms with Crippen molar-refractivity contribution in [2.24, 2.45) is 4.40 Å². The van der Waals surface area contributed by atoms with Crippen LogP contribution in [0.25, 0.3) is 0 Å². The second kappa shape index (κ2) is 4.61. The van der Waals surface area contributed by atoms with Gasteiger partial charge < -0.3 is 6.15 Å². The molecule has 0 saturated carbocycles. The van der Waals surface area contributed by atoms with Crippen LogP contribution in [-0.4, -0.2) is 6.21 Å². The van der Waals surface area contributed by atoms with Gasteiger partial charge >= 0.3 is 0 Å². The van der Waals surface area contributed by atoms with Crippen LogP contribution in [0.15, 0.2) is 28.0 Å². The summed E-state index contributed by atoms with van der Waals surface area (Å²) in [6, 6.07) is 0. The number of rotatable bonds is 0. The third kappa shape index (κ3) is 2.60. The van der Waals surface area contributed by atoms with Crippen LogP contribution in [0.1, 0.15) is 0 Å². The van der Waals surface area contributed by atoms with Gasteiger partial charge in [-0.3, -0.25) is 0 Å². The minimum atomic E-state index is 0. The quantitative estimate of drug-likeness (QED) is 0.507. The van der Waals surface area contributed by atoms with Crippen LogP contribution in [0, 0.1) is 0 Å². The molecule has 0 bridgehead atoms. The van der Waals surface area contributed by atoms with Gasteiger partial charge in [-0.25, -0.2) is 4.40 Å². The summed E-state index contributed by atoms with van der Waals surface area (Å²) >= 11 is 1.44. The van der Waals surface area contributed by atoms with Crippen molar-refractivity contribution in [2.45, 2.75) is 0 Å². The molecule has 0 aromatic carbocycles. The Bertz CT molecular complexity index is 112. The highest BCUT2D eigenvalue weighted by atomic mass is 32.2. The predicted octanol–water partition coefficient (Wildman–Crippen LogP) is 1.95. The lowest BCUT2D eigenvalue weighted by molar-refractivity contribution is 1.99. The van der Waals surface area contributed by atoms with Gasteiger partial charge in [-0.1, -0.05) is 12.2 Å². The first-order valence-electron chi connectivity index (χ1n) is 2.01. The second-order valence-electron chi connectivity index (χ2n) is 1.07. The molecule has 0 fully saturated rings. The zero-order valence-corrected chi connectivity index (χ0v) is 5.27. The average Bonchev–Trinajstić information content (AvgIpc) is 1.90. The molecule has 2 nitrogen and oxygen atoms in total. The molecule has 0 radical (unpaired) electrons. The lowest BCUT2D eigenvalue weighted by atomic mass is 10.5. The first-order valence-corrected chi connectivity index (χ1v) is 2.85. The van der Waals surface area contributed by atoms with E-state index in [4.69, 9.17) is 0 Å². The van der Waals surface area contributed by atoms with E-state index >= 15 is 0 Å². The first kappa shape index (κ1) is 7.46. The van der Waals surface area contributed by atoms with Crippen molar-refractivity contribution >= 4 is 18.2 Å². The molecule has 0 amide bonds. The van der Waals surface area contributed by atoms with Crippen molar-refractivity contribution in [3.63, 3.8) is 0 Å². The van der Waals surface area contributed by atoms with Crippen LogP contribution in [0.4, 0.5) is 0 Å². The van der Waals surface area contributed by atoms with E-state index in [2.05, 4.69) is 4.40 Å². The Morgan fingerprint density at radius 3 is 2.88 bits per heavy atom. The Labute approximate surface area is 53.1 Å². The lowest BCUT2D eigenvalue weighted by Crippen LogP contribution is -1.51. The molecule has 0 spiro atoms. The zero-order chi connectivity index (χ0) is 4.95. The Kier molecular flexibility index (Phi) is 4.30. The number of nitrogens with zero attached hydrogens (tertiary/aromatic N) is 1. The molecule has 0 atom stereocenters. The molecule has 1 heterocycles. The van der Waals surface area contributed by atoms with Crippen LogP contribution in [0.5, 0.6) is 0 Å². The topological polar surface area (TPSA) is 47.4 Å². The summed E-state index contributed by atoms with van der Waals surface area (Å²) in [5.74, 6) is 0. The highest BCUT2D eigenvalue weighted by Crippen LogP contribution is 2.03. The van der Waals surface area contributed by atoms with Crippen molar-refractivity contribution in [2.75, 3.05) is 0 Å². The largest absolute Gasteiger partial charge is 0.344 e. The number of hydrogen-bond acceptors (Lipinski definition) is 3. The van der Waals surface area contributed by atoms with E-state index in [0.29, 0.717) is 0 Å². The summed E-state index contributed by atoms with van der Waals surface area (Å²) in [4.78, 5) is 0. The fraction of sp³-hybridized carbons (Fsp3) is 0. The lowest BCUT2D eigenvalue weighted by Gasteiger charge is -1.70. The summed E-state index contributed by atoms with van der Waals surface area (Å²) in [7, 11) is 0. The molecule has 0 aromatic rings. The predicted molar refractivity (Wildman–Crippen MR) is 39.4 cm³/mol. The van der Waals surface area contributed by atoms with Crippen LogP contribution >= 0.6 is 11.9 Å². The molecule has 3 heteroatoms.